The highest BCUT2D eigenvalue weighted by atomic mass is 14.6. The molecular formula is C21H38. The SMILES string of the molecule is CCCC=C(C)C(C)(CC)C(=C(C)CC)C1(C)CC1CC. The maximum absolute atomic E-state index is 2.52. The molecule has 0 heteroatoms. The Bertz CT molecular complexity index is 412. The average Bonchev–Trinajstić information content (AvgIpc) is 3.15. The second-order valence-corrected chi connectivity index (χ2v) is 7.60. The highest BCUT2D eigenvalue weighted by Crippen LogP contribution is 2.65. The number of allylic oxidation sites excluding steroid dienone is 4. The van der Waals surface area contributed by atoms with Gasteiger partial charge in [-0.15, -0.1) is 0 Å². The Kier molecular flexibility index (Phi) is 6.32. The van der Waals surface area contributed by atoms with Crippen LogP contribution in [0.3, 0.4) is 0 Å². The van der Waals surface area contributed by atoms with Crippen molar-refractivity contribution >= 4 is 0 Å². The monoisotopic (exact) mass is 290 g/mol. The molecule has 1 aliphatic carbocycles. The normalized spacial score (nSPS) is 29.9. The molecule has 21 heavy (non-hydrogen) atoms. The van der Waals surface area contributed by atoms with Gasteiger partial charge in [-0.1, -0.05) is 77.2 Å². The molecule has 0 aromatic carbocycles. The molecule has 0 N–H and O–H groups in total. The number of rotatable bonds is 8. The highest BCUT2D eigenvalue weighted by molar-refractivity contribution is 5.39. The van der Waals surface area contributed by atoms with Crippen LogP contribution in [0.5, 0.6) is 0 Å². The summed E-state index contributed by atoms with van der Waals surface area (Å²) in [5.74, 6) is 0.902. The van der Waals surface area contributed by atoms with Gasteiger partial charge < -0.3 is 0 Å². The second kappa shape index (κ2) is 7.16. The van der Waals surface area contributed by atoms with Crippen LogP contribution in [0.1, 0.15) is 93.9 Å². The van der Waals surface area contributed by atoms with Gasteiger partial charge in [0.1, 0.15) is 0 Å². The largest absolute Gasteiger partial charge is 0.0847 e. The van der Waals surface area contributed by atoms with Crippen molar-refractivity contribution < 1.29 is 0 Å². The fourth-order valence-electron chi connectivity index (χ4n) is 4.36. The van der Waals surface area contributed by atoms with Gasteiger partial charge in [0.25, 0.3) is 0 Å². The lowest BCUT2D eigenvalue weighted by Crippen LogP contribution is -2.27. The Morgan fingerprint density at radius 2 is 1.81 bits per heavy atom. The number of hydrogen-bond donors (Lipinski definition) is 0. The first-order chi connectivity index (χ1) is 9.81. The van der Waals surface area contributed by atoms with E-state index in [-0.39, 0.29) is 5.41 Å². The van der Waals surface area contributed by atoms with Crippen molar-refractivity contribution in [3.05, 3.63) is 22.8 Å². The highest BCUT2D eigenvalue weighted by Gasteiger charge is 2.55. The van der Waals surface area contributed by atoms with E-state index in [9.17, 15) is 0 Å². The van der Waals surface area contributed by atoms with Crippen molar-refractivity contribution in [3.8, 4) is 0 Å². The lowest BCUT2D eigenvalue weighted by molar-refractivity contribution is 0.373. The molecule has 1 fully saturated rings. The first-order valence-corrected chi connectivity index (χ1v) is 9.19. The lowest BCUT2D eigenvalue weighted by Gasteiger charge is -2.39. The van der Waals surface area contributed by atoms with Gasteiger partial charge in [-0.3, -0.25) is 0 Å². The van der Waals surface area contributed by atoms with E-state index in [2.05, 4.69) is 61.5 Å². The van der Waals surface area contributed by atoms with Gasteiger partial charge >= 0.3 is 0 Å². The third kappa shape index (κ3) is 3.46. The molecule has 0 aromatic heterocycles. The molecule has 0 nitrogen and oxygen atoms in total. The van der Waals surface area contributed by atoms with Crippen molar-refractivity contribution in [2.75, 3.05) is 0 Å². The van der Waals surface area contributed by atoms with Crippen LogP contribution < -0.4 is 0 Å². The average molecular weight is 291 g/mol. The fraction of sp³-hybridized carbons (Fsp3) is 0.810. The fourth-order valence-corrected chi connectivity index (χ4v) is 4.36. The van der Waals surface area contributed by atoms with Crippen LogP contribution >= 0.6 is 0 Å². The van der Waals surface area contributed by atoms with Crippen molar-refractivity contribution in [1.29, 1.82) is 0 Å². The molecular weight excluding hydrogens is 252 g/mol. The first-order valence-electron chi connectivity index (χ1n) is 9.19. The van der Waals surface area contributed by atoms with Crippen molar-refractivity contribution in [3.63, 3.8) is 0 Å². The van der Waals surface area contributed by atoms with Gasteiger partial charge in [0.2, 0.25) is 0 Å². The number of hydrogen-bond acceptors (Lipinski definition) is 0. The Morgan fingerprint density at radius 1 is 1.19 bits per heavy atom. The predicted octanol–water partition coefficient (Wildman–Crippen LogP) is 7.31. The summed E-state index contributed by atoms with van der Waals surface area (Å²) in [6.07, 6.45) is 10.1. The summed E-state index contributed by atoms with van der Waals surface area (Å²) in [5.41, 5.74) is 5.73. The van der Waals surface area contributed by atoms with E-state index in [0.29, 0.717) is 5.41 Å². The molecule has 0 saturated heterocycles. The topological polar surface area (TPSA) is 0 Å². The van der Waals surface area contributed by atoms with Gasteiger partial charge in [0, 0.05) is 5.41 Å². The molecule has 0 radical (unpaired) electrons. The molecule has 0 bridgehead atoms. The minimum absolute atomic E-state index is 0.258. The summed E-state index contributed by atoms with van der Waals surface area (Å²) in [6.45, 7) is 19.1. The van der Waals surface area contributed by atoms with E-state index < -0.39 is 0 Å². The predicted molar refractivity (Wildman–Crippen MR) is 96.6 cm³/mol. The molecule has 1 saturated carbocycles. The first kappa shape index (κ1) is 18.5. The molecule has 1 aliphatic rings. The molecule has 0 spiro atoms. The van der Waals surface area contributed by atoms with Crippen molar-refractivity contribution in [1.82, 2.24) is 0 Å². The Balaban J connectivity index is 3.31. The van der Waals surface area contributed by atoms with E-state index in [0.717, 1.165) is 5.92 Å². The van der Waals surface area contributed by atoms with Crippen molar-refractivity contribution in [2.45, 2.75) is 93.9 Å². The smallest absolute Gasteiger partial charge is 0.00949 e. The minimum Gasteiger partial charge on any atom is -0.0847 e. The van der Waals surface area contributed by atoms with Crippen LogP contribution in [0.25, 0.3) is 0 Å². The Morgan fingerprint density at radius 3 is 2.19 bits per heavy atom. The Hall–Kier alpha value is -0.520. The molecule has 122 valence electrons. The van der Waals surface area contributed by atoms with Crippen LogP contribution in [0, 0.1) is 16.7 Å². The van der Waals surface area contributed by atoms with E-state index in [1.165, 1.54) is 38.5 Å². The third-order valence-corrected chi connectivity index (χ3v) is 6.30. The molecule has 3 unspecified atom stereocenters. The van der Waals surface area contributed by atoms with Gasteiger partial charge in [0.05, 0.1) is 0 Å². The van der Waals surface area contributed by atoms with Crippen LogP contribution in [0.2, 0.25) is 0 Å². The maximum Gasteiger partial charge on any atom is 0.00949 e. The summed E-state index contributed by atoms with van der Waals surface area (Å²) >= 11 is 0. The van der Waals surface area contributed by atoms with Crippen LogP contribution in [-0.4, -0.2) is 0 Å². The van der Waals surface area contributed by atoms with Gasteiger partial charge in [-0.05, 0) is 50.9 Å². The van der Waals surface area contributed by atoms with Gasteiger partial charge in [-0.2, -0.15) is 0 Å². The zero-order valence-corrected chi connectivity index (χ0v) is 15.9. The molecule has 0 heterocycles. The third-order valence-electron chi connectivity index (χ3n) is 6.30. The van der Waals surface area contributed by atoms with Crippen LogP contribution in [0.4, 0.5) is 0 Å². The van der Waals surface area contributed by atoms with Gasteiger partial charge in [0.15, 0.2) is 0 Å². The summed E-state index contributed by atoms with van der Waals surface area (Å²) < 4.78 is 0. The second-order valence-electron chi connectivity index (χ2n) is 7.60. The zero-order valence-electron chi connectivity index (χ0n) is 15.9. The molecule has 3 atom stereocenters. The maximum atomic E-state index is 2.52. The van der Waals surface area contributed by atoms with Crippen molar-refractivity contribution in [2.24, 2.45) is 16.7 Å². The summed E-state index contributed by atoms with van der Waals surface area (Å²) in [7, 11) is 0. The molecule has 0 amide bonds. The van der Waals surface area contributed by atoms with E-state index in [1.54, 1.807) is 16.7 Å². The molecule has 0 aromatic rings. The Labute approximate surface area is 134 Å². The summed E-state index contributed by atoms with van der Waals surface area (Å²) in [5, 5.41) is 0. The molecule has 0 aliphatic heterocycles. The minimum atomic E-state index is 0.258. The molecule has 1 rings (SSSR count). The standard InChI is InChI=1S/C21H38/c1-9-13-14-17(6)20(7,12-4)19(16(5)10-2)21(8)15-18(21)11-3/h14,18H,9-13,15H2,1-8H3. The van der Waals surface area contributed by atoms with Gasteiger partial charge in [-0.25, -0.2) is 0 Å². The van der Waals surface area contributed by atoms with E-state index in [4.69, 9.17) is 0 Å². The van der Waals surface area contributed by atoms with E-state index >= 15 is 0 Å². The quantitative estimate of drug-likeness (QED) is 0.411. The van der Waals surface area contributed by atoms with Crippen LogP contribution in [0.15, 0.2) is 22.8 Å². The summed E-state index contributed by atoms with van der Waals surface area (Å²) in [4.78, 5) is 0. The lowest BCUT2D eigenvalue weighted by atomic mass is 9.65. The van der Waals surface area contributed by atoms with Crippen LogP contribution in [-0.2, 0) is 0 Å². The summed E-state index contributed by atoms with van der Waals surface area (Å²) in [6, 6.07) is 0. The number of unbranched alkanes of at least 4 members (excludes halogenated alkanes) is 1. The zero-order chi connectivity index (χ0) is 16.3. The van der Waals surface area contributed by atoms with E-state index in [1.807, 2.05) is 0 Å².